The molecule has 3 fully saturated rings. The lowest BCUT2D eigenvalue weighted by molar-refractivity contribution is -0.126. The zero-order chi connectivity index (χ0) is 20.4. The third-order valence-corrected chi connectivity index (χ3v) is 7.50. The van der Waals surface area contributed by atoms with Gasteiger partial charge in [0.15, 0.2) is 0 Å². The number of anilines is 1. The van der Waals surface area contributed by atoms with Crippen molar-refractivity contribution in [3.63, 3.8) is 0 Å². The van der Waals surface area contributed by atoms with Gasteiger partial charge in [-0.3, -0.25) is 9.59 Å². The summed E-state index contributed by atoms with van der Waals surface area (Å²) in [7, 11) is 0. The first-order valence-corrected chi connectivity index (χ1v) is 11.1. The third-order valence-electron chi connectivity index (χ3n) is 5.30. The Morgan fingerprint density at radius 3 is 2.66 bits per heavy atom. The van der Waals surface area contributed by atoms with Crippen molar-refractivity contribution in [1.29, 1.82) is 0 Å². The van der Waals surface area contributed by atoms with E-state index in [0.717, 1.165) is 41.6 Å². The highest BCUT2D eigenvalue weighted by atomic mass is 32.2. The third kappa shape index (κ3) is 4.96. The topological polar surface area (TPSA) is 61.4 Å². The number of hydrogen-bond donors (Lipinski definition) is 2. The van der Waals surface area contributed by atoms with Gasteiger partial charge in [-0.05, 0) is 62.2 Å². The van der Waals surface area contributed by atoms with E-state index >= 15 is 0 Å². The smallest absolute Gasteiger partial charge is 0.315 e. The fourth-order valence-corrected chi connectivity index (χ4v) is 5.88. The summed E-state index contributed by atoms with van der Waals surface area (Å²) >= 11 is 2.82. The zero-order valence-electron chi connectivity index (χ0n) is 15.6. The summed E-state index contributed by atoms with van der Waals surface area (Å²) in [6.45, 7) is 3.20. The van der Waals surface area contributed by atoms with Crippen LogP contribution in [0.15, 0.2) is 45.5 Å². The molecule has 1 unspecified atom stereocenters. The molecule has 5 rings (SSSR count). The molecule has 5 nitrogen and oxygen atoms in total. The lowest BCUT2D eigenvalue weighted by atomic mass is 9.84. The molecule has 3 saturated heterocycles. The van der Waals surface area contributed by atoms with Gasteiger partial charge in [0.1, 0.15) is 0 Å². The van der Waals surface area contributed by atoms with Gasteiger partial charge >= 0.3 is 6.43 Å². The number of halogens is 2. The molecule has 4 heterocycles. The second-order valence-corrected chi connectivity index (χ2v) is 9.71. The number of rotatable bonds is 6. The first kappa shape index (κ1) is 20.3. The maximum Gasteiger partial charge on any atom is 0.315 e. The highest BCUT2D eigenvalue weighted by molar-refractivity contribution is 8.01. The van der Waals surface area contributed by atoms with Crippen molar-refractivity contribution in [1.82, 2.24) is 10.2 Å². The van der Waals surface area contributed by atoms with E-state index in [1.807, 2.05) is 18.2 Å². The van der Waals surface area contributed by atoms with Crippen LogP contribution in [-0.4, -0.2) is 48.8 Å². The first-order valence-electron chi connectivity index (χ1n) is 9.48. The van der Waals surface area contributed by atoms with Crippen LogP contribution in [0.5, 0.6) is 0 Å². The minimum Gasteiger partial charge on any atom is -0.347 e. The molecule has 1 aromatic heterocycles. The van der Waals surface area contributed by atoms with Crippen LogP contribution in [0, 0.1) is 5.92 Å². The van der Waals surface area contributed by atoms with E-state index in [1.165, 1.54) is 23.1 Å². The molecule has 0 spiro atoms. The predicted octanol–water partition coefficient (Wildman–Crippen LogP) is 3.93. The number of hydrogen-bond acceptors (Lipinski definition) is 5. The Balaban J connectivity index is 1.37. The molecule has 2 N–H and O–H groups in total. The van der Waals surface area contributed by atoms with Crippen molar-refractivity contribution >= 4 is 40.6 Å². The van der Waals surface area contributed by atoms with E-state index in [1.54, 1.807) is 18.2 Å². The first-order chi connectivity index (χ1) is 14.0. The minimum atomic E-state index is -3.05. The second kappa shape index (κ2) is 8.81. The summed E-state index contributed by atoms with van der Waals surface area (Å²) in [5.41, 5.74) is 0.317. The Hall–Kier alpha value is -1.97. The Morgan fingerprint density at radius 1 is 1.17 bits per heavy atom. The van der Waals surface area contributed by atoms with Crippen molar-refractivity contribution in [3.8, 4) is 0 Å². The number of piperidine rings is 3. The molecule has 2 aromatic rings. The Bertz CT molecular complexity index is 897. The lowest BCUT2D eigenvalue weighted by Gasteiger charge is -2.44. The van der Waals surface area contributed by atoms with Crippen LogP contribution in [0.1, 0.15) is 22.5 Å². The van der Waals surface area contributed by atoms with Crippen LogP contribution in [0.2, 0.25) is 0 Å². The van der Waals surface area contributed by atoms with E-state index < -0.39 is 12.3 Å². The molecule has 0 saturated carbocycles. The molecule has 2 amide bonds. The molecule has 154 valence electrons. The number of amides is 2. The van der Waals surface area contributed by atoms with Gasteiger partial charge in [-0.25, -0.2) is 0 Å². The van der Waals surface area contributed by atoms with E-state index in [0.29, 0.717) is 16.5 Å². The number of thiophene rings is 1. The van der Waals surface area contributed by atoms with Crippen LogP contribution < -0.4 is 10.6 Å². The summed E-state index contributed by atoms with van der Waals surface area (Å²) in [4.78, 5) is 27.7. The average Bonchev–Trinajstić information content (AvgIpc) is 3.18. The Morgan fingerprint density at radius 2 is 1.97 bits per heavy atom. The van der Waals surface area contributed by atoms with Gasteiger partial charge in [0, 0.05) is 23.2 Å². The Labute approximate surface area is 175 Å². The van der Waals surface area contributed by atoms with Crippen molar-refractivity contribution in [2.45, 2.75) is 34.4 Å². The monoisotopic (exact) mass is 437 g/mol. The number of nitrogens with one attached hydrogen (secondary N) is 2. The van der Waals surface area contributed by atoms with Crippen LogP contribution in [0.25, 0.3) is 0 Å². The zero-order valence-corrected chi connectivity index (χ0v) is 17.2. The average molecular weight is 438 g/mol. The molecule has 1 atom stereocenters. The van der Waals surface area contributed by atoms with Gasteiger partial charge < -0.3 is 15.5 Å². The summed E-state index contributed by atoms with van der Waals surface area (Å²) in [5, 5.41) is 5.37. The molecule has 1 aromatic carbocycles. The molecular formula is C20H21F2N3O2S2. The molecule has 29 heavy (non-hydrogen) atoms. The molecular weight excluding hydrogens is 416 g/mol. The molecule has 0 radical (unpaired) electrons. The number of carbonyl (C=O) groups excluding carboxylic acids is 2. The minimum absolute atomic E-state index is 0.0430. The van der Waals surface area contributed by atoms with Crippen LogP contribution in [-0.2, 0) is 4.79 Å². The quantitative estimate of drug-likeness (QED) is 0.719. The molecule has 2 bridgehead atoms. The van der Waals surface area contributed by atoms with Crippen molar-refractivity contribution < 1.29 is 18.4 Å². The van der Waals surface area contributed by atoms with E-state index in [2.05, 4.69) is 15.5 Å². The second-order valence-electron chi connectivity index (χ2n) is 7.26. The summed E-state index contributed by atoms with van der Waals surface area (Å²) in [6, 6.07) is 10.6. The van der Waals surface area contributed by atoms with Crippen molar-refractivity contribution in [2.75, 3.05) is 25.0 Å². The van der Waals surface area contributed by atoms with Crippen LogP contribution in [0.3, 0.4) is 0 Å². The van der Waals surface area contributed by atoms with Gasteiger partial charge in [0.2, 0.25) is 0 Å². The summed E-state index contributed by atoms with van der Waals surface area (Å²) in [5.74, 6) is -0.794. The largest absolute Gasteiger partial charge is 0.347 e. The molecule has 3 aliphatic heterocycles. The lowest BCUT2D eigenvalue weighted by Crippen LogP contribution is -2.57. The number of fused-ring (bicyclic) bond motifs is 3. The van der Waals surface area contributed by atoms with E-state index in [-0.39, 0.29) is 11.9 Å². The number of alkyl halides is 2. The number of benzene rings is 1. The van der Waals surface area contributed by atoms with Gasteiger partial charge in [-0.2, -0.15) is 8.78 Å². The fraction of sp³-hybridized carbons (Fsp3) is 0.400. The highest BCUT2D eigenvalue weighted by Crippen LogP contribution is 2.35. The van der Waals surface area contributed by atoms with Crippen LogP contribution in [0.4, 0.5) is 14.5 Å². The van der Waals surface area contributed by atoms with Gasteiger partial charge in [-0.15, -0.1) is 11.3 Å². The van der Waals surface area contributed by atoms with Crippen molar-refractivity contribution in [3.05, 3.63) is 41.3 Å². The van der Waals surface area contributed by atoms with Crippen LogP contribution >= 0.6 is 23.1 Å². The highest BCUT2D eigenvalue weighted by Gasteiger charge is 2.35. The van der Waals surface area contributed by atoms with E-state index in [4.69, 9.17) is 0 Å². The normalized spacial score (nSPS) is 23.2. The van der Waals surface area contributed by atoms with Gasteiger partial charge in [0.05, 0.1) is 9.09 Å². The van der Waals surface area contributed by atoms with E-state index in [9.17, 15) is 18.4 Å². The summed E-state index contributed by atoms with van der Waals surface area (Å²) < 4.78 is 25.7. The maximum absolute atomic E-state index is 12.6. The van der Waals surface area contributed by atoms with Crippen molar-refractivity contribution in [2.24, 2.45) is 5.92 Å². The molecule has 9 heteroatoms. The van der Waals surface area contributed by atoms with Gasteiger partial charge in [0.25, 0.3) is 11.8 Å². The fourth-order valence-electron chi connectivity index (χ4n) is 3.82. The number of nitrogens with zero attached hydrogens (tertiary/aromatic N) is 1. The standard InChI is InChI=1S/C20H21F2N3O2S2/c21-18(22)20(27)23-13-2-1-3-14(10-13)28-17-5-4-16(29-17)19(26)24-15-11-25-8-6-12(15)7-9-25/h1-5,10,12,15,18H,6-9,11H2,(H,23,27)(H,24,26). The molecule has 0 aliphatic carbocycles. The predicted molar refractivity (Wildman–Crippen MR) is 110 cm³/mol. The Kier molecular flexibility index (Phi) is 6.17. The van der Waals surface area contributed by atoms with Gasteiger partial charge in [-0.1, -0.05) is 17.8 Å². The SMILES string of the molecule is O=C(NC1CN2CCC1CC2)c1ccc(Sc2cccc(NC(=O)C(F)F)c2)s1. The summed E-state index contributed by atoms with van der Waals surface area (Å²) in [6.07, 6.45) is -0.759. The molecule has 3 aliphatic rings. The maximum atomic E-state index is 12.6. The number of carbonyl (C=O) groups is 2.